The fourth-order valence-electron chi connectivity index (χ4n) is 2.28. The third-order valence-corrected chi connectivity index (χ3v) is 3.82. The van der Waals surface area contributed by atoms with Crippen molar-refractivity contribution in [1.82, 2.24) is 0 Å². The SMILES string of the molecule is NC1=NCC(C2CC2)N1c1ccc(Br)cc1. The molecule has 1 aliphatic carbocycles. The highest BCUT2D eigenvalue weighted by molar-refractivity contribution is 9.10. The van der Waals surface area contributed by atoms with Gasteiger partial charge in [-0.2, -0.15) is 0 Å². The molecule has 1 aromatic rings. The van der Waals surface area contributed by atoms with Crippen molar-refractivity contribution in [3.8, 4) is 0 Å². The Bertz CT molecular complexity index is 422. The lowest BCUT2D eigenvalue weighted by molar-refractivity contribution is 0.626. The average Bonchev–Trinajstić information content (AvgIpc) is 3.05. The van der Waals surface area contributed by atoms with Crippen LogP contribution in [-0.4, -0.2) is 18.5 Å². The van der Waals surface area contributed by atoms with Gasteiger partial charge in [0.1, 0.15) is 0 Å². The summed E-state index contributed by atoms with van der Waals surface area (Å²) in [6.45, 7) is 0.854. The first-order valence-electron chi connectivity index (χ1n) is 5.60. The standard InChI is InChI=1S/C12H14BrN3/c13-9-3-5-10(6-4-9)16-11(8-1-2-8)7-15-12(16)14/h3-6,8,11H,1-2,7H2,(H2,14,15). The van der Waals surface area contributed by atoms with Crippen LogP contribution in [0.3, 0.4) is 0 Å². The molecule has 0 aromatic heterocycles. The minimum absolute atomic E-state index is 0.487. The van der Waals surface area contributed by atoms with E-state index in [4.69, 9.17) is 5.73 Å². The summed E-state index contributed by atoms with van der Waals surface area (Å²) in [6.07, 6.45) is 2.64. The third kappa shape index (κ3) is 1.71. The highest BCUT2D eigenvalue weighted by Gasteiger charge is 2.39. The van der Waals surface area contributed by atoms with Crippen LogP contribution in [-0.2, 0) is 0 Å². The molecule has 0 saturated heterocycles. The van der Waals surface area contributed by atoms with Crippen molar-refractivity contribution in [3.63, 3.8) is 0 Å². The summed E-state index contributed by atoms with van der Waals surface area (Å²) in [5.74, 6) is 1.45. The molecular formula is C12H14BrN3. The lowest BCUT2D eigenvalue weighted by Crippen LogP contribution is -2.42. The normalized spacial score (nSPS) is 24.7. The molecule has 1 saturated carbocycles. The van der Waals surface area contributed by atoms with E-state index < -0.39 is 0 Å². The van der Waals surface area contributed by atoms with Gasteiger partial charge in [0.25, 0.3) is 0 Å². The molecule has 3 nitrogen and oxygen atoms in total. The molecule has 3 rings (SSSR count). The van der Waals surface area contributed by atoms with Crippen LogP contribution < -0.4 is 10.6 Å². The van der Waals surface area contributed by atoms with Gasteiger partial charge in [0.15, 0.2) is 5.96 Å². The van der Waals surface area contributed by atoms with E-state index in [-0.39, 0.29) is 0 Å². The molecule has 84 valence electrons. The van der Waals surface area contributed by atoms with Crippen LogP contribution in [0.4, 0.5) is 5.69 Å². The topological polar surface area (TPSA) is 41.6 Å². The molecule has 4 heteroatoms. The van der Waals surface area contributed by atoms with Crippen LogP contribution in [0, 0.1) is 5.92 Å². The molecule has 0 spiro atoms. The van der Waals surface area contributed by atoms with Crippen molar-refractivity contribution in [2.75, 3.05) is 11.4 Å². The Kier molecular flexibility index (Phi) is 2.39. The van der Waals surface area contributed by atoms with Crippen LogP contribution >= 0.6 is 15.9 Å². The number of aliphatic imine (C=N–C) groups is 1. The Morgan fingerprint density at radius 1 is 1.25 bits per heavy atom. The van der Waals surface area contributed by atoms with E-state index in [0.29, 0.717) is 12.0 Å². The molecule has 0 amide bonds. The van der Waals surface area contributed by atoms with Gasteiger partial charge in [-0.3, -0.25) is 4.99 Å². The molecule has 1 unspecified atom stereocenters. The Balaban J connectivity index is 1.90. The Morgan fingerprint density at radius 2 is 1.94 bits per heavy atom. The maximum absolute atomic E-state index is 5.97. The van der Waals surface area contributed by atoms with Gasteiger partial charge < -0.3 is 10.6 Å². The van der Waals surface area contributed by atoms with Gasteiger partial charge in [0, 0.05) is 10.2 Å². The van der Waals surface area contributed by atoms with E-state index in [9.17, 15) is 0 Å². The van der Waals surface area contributed by atoms with E-state index in [0.717, 1.165) is 22.6 Å². The first-order valence-corrected chi connectivity index (χ1v) is 6.40. The number of rotatable bonds is 2. The maximum Gasteiger partial charge on any atom is 0.196 e. The van der Waals surface area contributed by atoms with E-state index in [1.807, 2.05) is 12.1 Å². The van der Waals surface area contributed by atoms with Crippen molar-refractivity contribution in [1.29, 1.82) is 0 Å². The van der Waals surface area contributed by atoms with Gasteiger partial charge in [-0.15, -0.1) is 0 Å². The summed E-state index contributed by atoms with van der Waals surface area (Å²) in [5, 5.41) is 0. The maximum atomic E-state index is 5.97. The Labute approximate surface area is 103 Å². The molecular weight excluding hydrogens is 266 g/mol. The number of anilines is 1. The smallest absolute Gasteiger partial charge is 0.196 e. The number of nitrogens with two attached hydrogens (primary N) is 1. The molecule has 2 aliphatic rings. The van der Waals surface area contributed by atoms with Crippen LogP contribution in [0.5, 0.6) is 0 Å². The van der Waals surface area contributed by atoms with Crippen molar-refractivity contribution >= 4 is 27.6 Å². The zero-order valence-corrected chi connectivity index (χ0v) is 10.5. The molecule has 0 radical (unpaired) electrons. The van der Waals surface area contributed by atoms with Crippen LogP contribution in [0.15, 0.2) is 33.7 Å². The summed E-state index contributed by atoms with van der Waals surface area (Å²) in [4.78, 5) is 6.55. The van der Waals surface area contributed by atoms with Gasteiger partial charge >= 0.3 is 0 Å². The number of hydrogen-bond acceptors (Lipinski definition) is 3. The summed E-state index contributed by atoms with van der Waals surface area (Å²) in [6, 6.07) is 8.76. The molecule has 1 aromatic carbocycles. The molecule has 1 atom stereocenters. The molecule has 0 bridgehead atoms. The van der Waals surface area contributed by atoms with Gasteiger partial charge in [-0.25, -0.2) is 0 Å². The van der Waals surface area contributed by atoms with E-state index in [2.05, 4.69) is 38.0 Å². The highest BCUT2D eigenvalue weighted by atomic mass is 79.9. The summed E-state index contributed by atoms with van der Waals surface area (Å²) in [7, 11) is 0. The first-order chi connectivity index (χ1) is 7.75. The zero-order chi connectivity index (χ0) is 11.1. The number of nitrogens with zero attached hydrogens (tertiary/aromatic N) is 2. The van der Waals surface area contributed by atoms with Crippen molar-refractivity contribution in [3.05, 3.63) is 28.7 Å². The second-order valence-electron chi connectivity index (χ2n) is 4.45. The van der Waals surface area contributed by atoms with E-state index in [1.54, 1.807) is 0 Å². The molecule has 16 heavy (non-hydrogen) atoms. The largest absolute Gasteiger partial charge is 0.370 e. The fraction of sp³-hybridized carbons (Fsp3) is 0.417. The number of guanidine groups is 1. The Morgan fingerprint density at radius 3 is 2.56 bits per heavy atom. The molecule has 1 aliphatic heterocycles. The third-order valence-electron chi connectivity index (χ3n) is 3.29. The van der Waals surface area contributed by atoms with Crippen LogP contribution in [0.25, 0.3) is 0 Å². The predicted molar refractivity (Wildman–Crippen MR) is 69.6 cm³/mol. The van der Waals surface area contributed by atoms with E-state index in [1.165, 1.54) is 12.8 Å². The lowest BCUT2D eigenvalue weighted by atomic mass is 10.1. The second-order valence-corrected chi connectivity index (χ2v) is 5.37. The quantitative estimate of drug-likeness (QED) is 0.903. The number of hydrogen-bond donors (Lipinski definition) is 1. The monoisotopic (exact) mass is 279 g/mol. The van der Waals surface area contributed by atoms with Crippen LogP contribution in [0.1, 0.15) is 12.8 Å². The molecule has 2 N–H and O–H groups in total. The lowest BCUT2D eigenvalue weighted by Gasteiger charge is -2.26. The van der Waals surface area contributed by atoms with Gasteiger partial charge in [-0.05, 0) is 43.0 Å². The Hall–Kier alpha value is -1.03. The zero-order valence-electron chi connectivity index (χ0n) is 8.94. The van der Waals surface area contributed by atoms with Gasteiger partial charge in [-0.1, -0.05) is 15.9 Å². The minimum atomic E-state index is 0.487. The summed E-state index contributed by atoms with van der Waals surface area (Å²) < 4.78 is 1.09. The first kappa shape index (κ1) is 10.1. The van der Waals surface area contributed by atoms with Gasteiger partial charge in [0.05, 0.1) is 12.6 Å². The van der Waals surface area contributed by atoms with E-state index >= 15 is 0 Å². The fourth-order valence-corrected chi connectivity index (χ4v) is 2.55. The van der Waals surface area contributed by atoms with Crippen LogP contribution in [0.2, 0.25) is 0 Å². The minimum Gasteiger partial charge on any atom is -0.370 e. The van der Waals surface area contributed by atoms with Crippen molar-refractivity contribution in [2.45, 2.75) is 18.9 Å². The number of halogens is 1. The van der Waals surface area contributed by atoms with Gasteiger partial charge in [0.2, 0.25) is 0 Å². The highest BCUT2D eigenvalue weighted by Crippen LogP contribution is 2.39. The number of benzene rings is 1. The predicted octanol–water partition coefficient (Wildman–Crippen LogP) is 2.36. The molecule has 1 heterocycles. The summed E-state index contributed by atoms with van der Waals surface area (Å²) >= 11 is 3.45. The van der Waals surface area contributed by atoms with Crippen molar-refractivity contribution < 1.29 is 0 Å². The molecule has 1 fully saturated rings. The summed E-state index contributed by atoms with van der Waals surface area (Å²) in [5.41, 5.74) is 7.12. The average molecular weight is 280 g/mol. The second kappa shape index (κ2) is 3.77. The van der Waals surface area contributed by atoms with Crippen molar-refractivity contribution in [2.24, 2.45) is 16.6 Å².